The number of hydrazone groups is 1. The van der Waals surface area contributed by atoms with E-state index in [1.54, 1.807) is 29.7 Å². The Bertz CT molecular complexity index is 810. The summed E-state index contributed by atoms with van der Waals surface area (Å²) < 4.78 is 0. The molecule has 4 heterocycles. The molecular weight excluding hydrogens is 342 g/mol. The second kappa shape index (κ2) is 6.14. The molecule has 1 atom stereocenters. The molecule has 0 aromatic carbocycles. The highest BCUT2D eigenvalue weighted by Crippen LogP contribution is 2.39. The summed E-state index contributed by atoms with van der Waals surface area (Å²) in [4.78, 5) is 29.2. The van der Waals surface area contributed by atoms with Gasteiger partial charge in [-0.3, -0.25) is 9.59 Å². The number of hydrogen-bond donors (Lipinski definition) is 0. The van der Waals surface area contributed by atoms with Gasteiger partial charge >= 0.3 is 0 Å². The van der Waals surface area contributed by atoms with E-state index in [0.29, 0.717) is 25.1 Å². The highest BCUT2D eigenvalue weighted by atomic mass is 32.1. The largest absolute Gasteiger partial charge is 0.325 e. The lowest BCUT2D eigenvalue weighted by Crippen LogP contribution is -2.45. The number of carbonyl (C=O) groups is 2. The second-order valence-corrected chi connectivity index (χ2v) is 7.91. The zero-order chi connectivity index (χ0) is 16.7. The Hall–Kier alpha value is -1.99. The van der Waals surface area contributed by atoms with Crippen LogP contribution in [0.3, 0.4) is 0 Å². The van der Waals surface area contributed by atoms with Gasteiger partial charge in [-0.1, -0.05) is 6.07 Å². The van der Waals surface area contributed by atoms with Gasteiger partial charge in [0.2, 0.25) is 5.91 Å². The molecule has 0 saturated carbocycles. The number of fused-ring (bicyclic) bond motifs is 1. The van der Waals surface area contributed by atoms with E-state index in [2.05, 4.69) is 22.6 Å². The van der Waals surface area contributed by atoms with E-state index < -0.39 is 0 Å². The van der Waals surface area contributed by atoms with Crippen molar-refractivity contribution in [2.24, 2.45) is 5.10 Å². The second-order valence-electron chi connectivity index (χ2n) is 5.93. The molecule has 0 spiro atoms. The molecule has 2 aliphatic heterocycles. The highest BCUT2D eigenvalue weighted by Gasteiger charge is 2.36. The van der Waals surface area contributed by atoms with Gasteiger partial charge < -0.3 is 4.90 Å². The molecule has 2 aromatic rings. The third kappa shape index (κ3) is 2.57. The summed E-state index contributed by atoms with van der Waals surface area (Å²) in [5.41, 5.74) is 1.71. The Balaban J connectivity index is 1.70. The molecule has 2 aromatic heterocycles. The number of rotatable bonds is 2. The lowest BCUT2D eigenvalue weighted by atomic mass is 9.97. The van der Waals surface area contributed by atoms with Crippen molar-refractivity contribution < 1.29 is 9.59 Å². The van der Waals surface area contributed by atoms with Crippen LogP contribution in [-0.4, -0.2) is 41.0 Å². The molecule has 5 nitrogen and oxygen atoms in total. The van der Waals surface area contributed by atoms with Gasteiger partial charge in [-0.2, -0.15) is 5.10 Å². The molecule has 2 amide bonds. The summed E-state index contributed by atoms with van der Waals surface area (Å²) in [6.45, 7) is 0.686. The molecule has 0 aliphatic carbocycles. The van der Waals surface area contributed by atoms with Gasteiger partial charge in [0.05, 0.1) is 6.04 Å². The number of amides is 2. The van der Waals surface area contributed by atoms with E-state index in [9.17, 15) is 9.59 Å². The summed E-state index contributed by atoms with van der Waals surface area (Å²) in [6.07, 6.45) is 1.65. The smallest absolute Gasteiger partial charge is 0.270 e. The minimum atomic E-state index is -0.0513. The fourth-order valence-electron chi connectivity index (χ4n) is 3.28. The summed E-state index contributed by atoms with van der Waals surface area (Å²) in [5.74, 6) is -0.0929. The van der Waals surface area contributed by atoms with Gasteiger partial charge in [0.1, 0.15) is 5.71 Å². The Kier molecular flexibility index (Phi) is 3.97. The van der Waals surface area contributed by atoms with Crippen molar-refractivity contribution in [2.45, 2.75) is 25.3 Å². The number of nitrogens with zero attached hydrogens (tertiary/aromatic N) is 3. The maximum atomic E-state index is 13.1. The molecular formula is C17H17N3O2S2. The lowest BCUT2D eigenvalue weighted by Gasteiger charge is -2.36. The first-order valence-electron chi connectivity index (χ1n) is 7.90. The third-order valence-electron chi connectivity index (χ3n) is 4.49. The topological polar surface area (TPSA) is 53.0 Å². The Labute approximate surface area is 148 Å². The average molecular weight is 359 g/mol. The first kappa shape index (κ1) is 15.5. The Morgan fingerprint density at radius 2 is 2.08 bits per heavy atom. The molecule has 0 bridgehead atoms. The van der Waals surface area contributed by atoms with E-state index in [1.165, 1.54) is 20.3 Å². The molecule has 0 unspecified atom stereocenters. The van der Waals surface area contributed by atoms with E-state index in [-0.39, 0.29) is 17.9 Å². The number of hydrogen-bond acceptors (Lipinski definition) is 5. The highest BCUT2D eigenvalue weighted by molar-refractivity contribution is 7.10. The van der Waals surface area contributed by atoms with Crippen LogP contribution in [0.4, 0.5) is 0 Å². The van der Waals surface area contributed by atoms with Crippen molar-refractivity contribution >= 4 is 40.2 Å². The van der Waals surface area contributed by atoms with Crippen LogP contribution in [0.25, 0.3) is 0 Å². The molecule has 0 fully saturated rings. The van der Waals surface area contributed by atoms with E-state index >= 15 is 0 Å². The van der Waals surface area contributed by atoms with Crippen molar-refractivity contribution in [3.63, 3.8) is 0 Å². The molecule has 0 saturated heterocycles. The normalized spacial score (nSPS) is 20.8. The third-order valence-corrected chi connectivity index (χ3v) is 6.41. The lowest BCUT2D eigenvalue weighted by molar-refractivity contribution is -0.131. The summed E-state index contributed by atoms with van der Waals surface area (Å²) >= 11 is 3.43. The van der Waals surface area contributed by atoms with Crippen molar-refractivity contribution in [3.8, 4) is 0 Å². The average Bonchev–Trinajstić information content (AvgIpc) is 3.26. The molecule has 2 aliphatic rings. The van der Waals surface area contributed by atoms with Crippen molar-refractivity contribution in [2.75, 3.05) is 13.6 Å². The van der Waals surface area contributed by atoms with Gasteiger partial charge in [-0.15, -0.1) is 22.7 Å². The summed E-state index contributed by atoms with van der Waals surface area (Å²) in [5, 5.41) is 9.65. The molecule has 7 heteroatoms. The fourth-order valence-corrected chi connectivity index (χ4v) is 5.04. The quantitative estimate of drug-likeness (QED) is 0.828. The molecule has 124 valence electrons. The zero-order valence-electron chi connectivity index (χ0n) is 13.3. The molecule has 4 rings (SSSR count). The van der Waals surface area contributed by atoms with E-state index in [1.807, 2.05) is 16.3 Å². The van der Waals surface area contributed by atoms with Crippen LogP contribution in [0.15, 0.2) is 34.1 Å². The predicted octanol–water partition coefficient (Wildman–Crippen LogP) is 2.89. The molecule has 0 N–H and O–H groups in total. The van der Waals surface area contributed by atoms with Gasteiger partial charge in [-0.05, 0) is 34.9 Å². The van der Waals surface area contributed by atoms with E-state index in [4.69, 9.17) is 0 Å². The van der Waals surface area contributed by atoms with E-state index in [0.717, 1.165) is 6.42 Å². The van der Waals surface area contributed by atoms with Crippen molar-refractivity contribution in [1.82, 2.24) is 9.91 Å². The van der Waals surface area contributed by atoms with Gasteiger partial charge in [0, 0.05) is 36.2 Å². The molecule has 0 radical (unpaired) electrons. The SMILES string of the molecule is CN1N=C(C(=O)N2CCc3sccc3[C@@H]2c2cccs2)CCC1=O. The Morgan fingerprint density at radius 1 is 1.21 bits per heavy atom. The Morgan fingerprint density at radius 3 is 2.83 bits per heavy atom. The first-order chi connectivity index (χ1) is 11.6. The van der Waals surface area contributed by atoms with Crippen LogP contribution >= 0.6 is 22.7 Å². The minimum absolute atomic E-state index is 0.0416. The van der Waals surface area contributed by atoms with Gasteiger partial charge in [0.25, 0.3) is 5.91 Å². The summed E-state index contributed by atoms with van der Waals surface area (Å²) in [6, 6.07) is 6.19. The standard InChI is InChI=1S/C17H17N3O2S2/c1-19-15(21)5-4-12(18-19)17(22)20-8-6-13-11(7-10-24-13)16(20)14-3-2-9-23-14/h2-3,7,9-10,16H,4-6,8H2,1H3/t16-/m1/s1. The van der Waals surface area contributed by atoms with Crippen molar-refractivity contribution in [1.29, 1.82) is 0 Å². The molecule has 24 heavy (non-hydrogen) atoms. The van der Waals surface area contributed by atoms with Gasteiger partial charge in [0.15, 0.2) is 0 Å². The zero-order valence-corrected chi connectivity index (χ0v) is 14.9. The first-order valence-corrected chi connectivity index (χ1v) is 9.66. The number of carbonyl (C=O) groups excluding carboxylic acids is 2. The van der Waals surface area contributed by atoms with Gasteiger partial charge in [-0.25, -0.2) is 5.01 Å². The van der Waals surface area contributed by atoms with Crippen LogP contribution in [0.5, 0.6) is 0 Å². The summed E-state index contributed by atoms with van der Waals surface area (Å²) in [7, 11) is 1.61. The maximum absolute atomic E-state index is 13.1. The van der Waals surface area contributed by atoms with Crippen LogP contribution < -0.4 is 0 Å². The van der Waals surface area contributed by atoms with Crippen LogP contribution in [0, 0.1) is 0 Å². The predicted molar refractivity (Wildman–Crippen MR) is 95.3 cm³/mol. The fraction of sp³-hybridized carbons (Fsp3) is 0.353. The number of thiophene rings is 2. The maximum Gasteiger partial charge on any atom is 0.270 e. The minimum Gasteiger partial charge on any atom is -0.325 e. The van der Waals surface area contributed by atoms with Crippen molar-refractivity contribution in [3.05, 3.63) is 44.3 Å². The van der Waals surface area contributed by atoms with Crippen LogP contribution in [0.1, 0.15) is 34.2 Å². The van der Waals surface area contributed by atoms with Crippen LogP contribution in [0.2, 0.25) is 0 Å². The van der Waals surface area contributed by atoms with Crippen LogP contribution in [-0.2, 0) is 16.0 Å². The monoisotopic (exact) mass is 359 g/mol.